The second-order valence-corrected chi connectivity index (χ2v) is 6.91. The second-order valence-electron chi connectivity index (χ2n) is 6.91. The molecule has 1 heterocycles. The Balaban J connectivity index is 1.82. The van der Waals surface area contributed by atoms with Gasteiger partial charge in [0.2, 0.25) is 0 Å². The molecule has 0 saturated heterocycles. The Morgan fingerprint density at radius 3 is 2.30 bits per heavy atom. The first-order chi connectivity index (χ1) is 14.1. The zero-order valence-corrected chi connectivity index (χ0v) is 16.5. The molecule has 0 atom stereocenters. The summed E-state index contributed by atoms with van der Waals surface area (Å²) in [5, 5.41) is 23.3. The van der Waals surface area contributed by atoms with Crippen molar-refractivity contribution in [3.63, 3.8) is 0 Å². The lowest BCUT2D eigenvalue weighted by Gasteiger charge is -2.26. The van der Waals surface area contributed by atoms with Crippen molar-refractivity contribution in [2.45, 2.75) is 25.9 Å². The maximum absolute atomic E-state index is 12.0. The van der Waals surface area contributed by atoms with Crippen LogP contribution in [0.25, 0.3) is 0 Å². The standard InChI is InChI=1S/C20H23N3O7/c1-20(2,14-8-6-13(7-9-14)12-17(25)26)30-19(28)22-11-10-21-18(27)15-4-3-5-16(24)23(15)29/h3-9,29H,10-12H2,1-2H3,(H,21,27)(H,22,28)(H,25,26). The number of hydrogen-bond donors (Lipinski definition) is 4. The Kier molecular flexibility index (Phi) is 7.18. The van der Waals surface area contributed by atoms with Gasteiger partial charge in [-0.3, -0.25) is 14.4 Å². The van der Waals surface area contributed by atoms with Crippen molar-refractivity contribution in [2.24, 2.45) is 0 Å². The van der Waals surface area contributed by atoms with Crippen LogP contribution in [0.15, 0.2) is 47.3 Å². The molecule has 10 nitrogen and oxygen atoms in total. The van der Waals surface area contributed by atoms with Crippen molar-refractivity contribution < 1.29 is 29.4 Å². The summed E-state index contributed by atoms with van der Waals surface area (Å²) in [5.74, 6) is -1.61. The monoisotopic (exact) mass is 417 g/mol. The van der Waals surface area contributed by atoms with Crippen LogP contribution < -0.4 is 16.2 Å². The summed E-state index contributed by atoms with van der Waals surface area (Å²) in [6.45, 7) is 3.48. The van der Waals surface area contributed by atoms with Crippen molar-refractivity contribution in [2.75, 3.05) is 13.1 Å². The average Bonchev–Trinajstić information content (AvgIpc) is 2.67. The minimum absolute atomic E-state index is 0.0430. The van der Waals surface area contributed by atoms with Gasteiger partial charge in [0.1, 0.15) is 11.3 Å². The number of nitrogens with zero attached hydrogens (tertiary/aromatic N) is 1. The van der Waals surface area contributed by atoms with Crippen LogP contribution in [0.1, 0.15) is 35.5 Å². The van der Waals surface area contributed by atoms with Gasteiger partial charge in [0.05, 0.1) is 6.42 Å². The average molecular weight is 417 g/mol. The van der Waals surface area contributed by atoms with Crippen LogP contribution in [0.2, 0.25) is 0 Å². The smallest absolute Gasteiger partial charge is 0.408 e. The zero-order valence-electron chi connectivity index (χ0n) is 16.5. The van der Waals surface area contributed by atoms with Crippen molar-refractivity contribution >= 4 is 18.0 Å². The van der Waals surface area contributed by atoms with Crippen LogP contribution in [-0.2, 0) is 21.6 Å². The van der Waals surface area contributed by atoms with E-state index in [2.05, 4.69) is 10.6 Å². The van der Waals surface area contributed by atoms with E-state index in [1.165, 1.54) is 12.1 Å². The molecule has 10 heteroatoms. The number of rotatable bonds is 8. The Bertz CT molecular complexity index is 981. The van der Waals surface area contributed by atoms with Crippen LogP contribution >= 0.6 is 0 Å². The lowest BCUT2D eigenvalue weighted by atomic mass is 9.96. The van der Waals surface area contributed by atoms with E-state index in [-0.39, 0.29) is 29.9 Å². The lowest BCUT2D eigenvalue weighted by molar-refractivity contribution is -0.136. The van der Waals surface area contributed by atoms with E-state index in [9.17, 15) is 24.4 Å². The van der Waals surface area contributed by atoms with Crippen LogP contribution in [0.4, 0.5) is 4.79 Å². The van der Waals surface area contributed by atoms with E-state index < -0.39 is 29.1 Å². The number of pyridine rings is 1. The topological polar surface area (TPSA) is 147 Å². The molecule has 0 aliphatic rings. The molecule has 160 valence electrons. The SMILES string of the molecule is CC(C)(OC(=O)NCCNC(=O)c1cccc(=O)n1O)c1ccc(CC(=O)O)cc1. The Hall–Kier alpha value is -3.82. The van der Waals surface area contributed by atoms with Gasteiger partial charge < -0.3 is 25.7 Å². The second kappa shape index (κ2) is 9.59. The maximum Gasteiger partial charge on any atom is 0.408 e. The summed E-state index contributed by atoms with van der Waals surface area (Å²) >= 11 is 0. The largest absolute Gasteiger partial charge is 0.481 e. The number of aliphatic carboxylic acids is 1. The molecule has 2 aromatic rings. The predicted molar refractivity (Wildman–Crippen MR) is 106 cm³/mol. The summed E-state index contributed by atoms with van der Waals surface area (Å²) in [5.41, 5.74) is -0.606. The van der Waals surface area contributed by atoms with Crippen molar-refractivity contribution in [3.8, 4) is 0 Å². The van der Waals surface area contributed by atoms with Gasteiger partial charge in [-0.1, -0.05) is 30.3 Å². The number of alkyl carbamates (subject to hydrolysis) is 1. The third kappa shape index (κ3) is 6.09. The fraction of sp³-hybridized carbons (Fsp3) is 0.300. The van der Waals surface area contributed by atoms with E-state index >= 15 is 0 Å². The molecular weight excluding hydrogens is 394 g/mol. The van der Waals surface area contributed by atoms with Gasteiger partial charge in [0, 0.05) is 19.2 Å². The minimum Gasteiger partial charge on any atom is -0.481 e. The molecule has 0 spiro atoms. The first-order valence-electron chi connectivity index (χ1n) is 9.08. The number of benzene rings is 1. The fourth-order valence-corrected chi connectivity index (χ4v) is 2.61. The third-order valence-electron chi connectivity index (χ3n) is 4.19. The number of amides is 2. The number of ether oxygens (including phenoxy) is 1. The quantitative estimate of drug-likeness (QED) is 0.371. The van der Waals surface area contributed by atoms with E-state index in [4.69, 9.17) is 9.84 Å². The molecule has 30 heavy (non-hydrogen) atoms. The highest BCUT2D eigenvalue weighted by Gasteiger charge is 2.25. The van der Waals surface area contributed by atoms with E-state index in [0.29, 0.717) is 11.1 Å². The first-order valence-corrected chi connectivity index (χ1v) is 9.08. The molecule has 0 saturated carbocycles. The molecule has 0 unspecified atom stereocenters. The highest BCUT2D eigenvalue weighted by atomic mass is 16.6. The molecule has 0 aliphatic carbocycles. The molecular formula is C20H23N3O7. The molecule has 1 aromatic carbocycles. The normalized spacial score (nSPS) is 10.9. The van der Waals surface area contributed by atoms with Crippen LogP contribution in [0.5, 0.6) is 0 Å². The highest BCUT2D eigenvalue weighted by Crippen LogP contribution is 2.25. The van der Waals surface area contributed by atoms with Crippen molar-refractivity contribution in [3.05, 3.63) is 69.6 Å². The van der Waals surface area contributed by atoms with E-state index in [1.54, 1.807) is 38.1 Å². The Morgan fingerprint density at radius 1 is 1.03 bits per heavy atom. The van der Waals surface area contributed by atoms with Gasteiger partial charge in [-0.15, -0.1) is 4.73 Å². The highest BCUT2D eigenvalue weighted by molar-refractivity contribution is 5.92. The number of nitrogens with one attached hydrogen (secondary N) is 2. The summed E-state index contributed by atoms with van der Waals surface area (Å²) in [7, 11) is 0. The molecule has 0 aliphatic heterocycles. The molecule has 2 amide bonds. The molecule has 0 radical (unpaired) electrons. The summed E-state index contributed by atoms with van der Waals surface area (Å²) in [6.07, 6.45) is -0.800. The molecule has 0 fully saturated rings. The molecule has 4 N–H and O–H groups in total. The van der Waals surface area contributed by atoms with Crippen LogP contribution in [-0.4, -0.2) is 46.1 Å². The van der Waals surface area contributed by atoms with Gasteiger partial charge >= 0.3 is 12.1 Å². The summed E-state index contributed by atoms with van der Waals surface area (Å²) in [6, 6.07) is 10.4. The van der Waals surface area contributed by atoms with Gasteiger partial charge in [0.15, 0.2) is 0 Å². The predicted octanol–water partition coefficient (Wildman–Crippen LogP) is 1.10. The maximum atomic E-state index is 12.0. The van der Waals surface area contributed by atoms with Gasteiger partial charge in [-0.2, -0.15) is 0 Å². The van der Waals surface area contributed by atoms with E-state index in [0.717, 1.165) is 6.07 Å². The summed E-state index contributed by atoms with van der Waals surface area (Å²) in [4.78, 5) is 46.1. The Labute approximate surface area is 172 Å². The number of carbonyl (C=O) groups excluding carboxylic acids is 2. The number of carbonyl (C=O) groups is 3. The zero-order chi connectivity index (χ0) is 22.3. The van der Waals surface area contributed by atoms with Gasteiger partial charge in [-0.05, 0) is 31.0 Å². The third-order valence-corrected chi connectivity index (χ3v) is 4.19. The van der Waals surface area contributed by atoms with Crippen LogP contribution in [0, 0.1) is 0 Å². The van der Waals surface area contributed by atoms with Crippen LogP contribution in [0.3, 0.4) is 0 Å². The summed E-state index contributed by atoms with van der Waals surface area (Å²) < 4.78 is 5.64. The number of aromatic nitrogens is 1. The van der Waals surface area contributed by atoms with Crippen molar-refractivity contribution in [1.29, 1.82) is 0 Å². The number of carboxylic acid groups (broad SMARTS) is 1. The number of hydrogen-bond acceptors (Lipinski definition) is 6. The van der Waals surface area contributed by atoms with Gasteiger partial charge in [-0.25, -0.2) is 4.79 Å². The van der Waals surface area contributed by atoms with E-state index in [1.807, 2.05) is 0 Å². The fourth-order valence-electron chi connectivity index (χ4n) is 2.61. The molecule has 0 bridgehead atoms. The number of carboxylic acids is 1. The lowest BCUT2D eigenvalue weighted by Crippen LogP contribution is -2.39. The van der Waals surface area contributed by atoms with Gasteiger partial charge in [0.25, 0.3) is 11.5 Å². The minimum atomic E-state index is -0.966. The Morgan fingerprint density at radius 2 is 1.67 bits per heavy atom. The molecule has 2 rings (SSSR count). The molecule has 1 aromatic heterocycles. The van der Waals surface area contributed by atoms with Crippen molar-refractivity contribution in [1.82, 2.24) is 15.4 Å². The first kappa shape index (κ1) is 22.5.